The molecule has 36 heavy (non-hydrogen) atoms. The minimum atomic E-state index is -0.592. The van der Waals surface area contributed by atoms with Crippen LogP contribution in [0.1, 0.15) is 87.5 Å². The molecule has 0 bridgehead atoms. The Morgan fingerprint density at radius 2 is 1.53 bits per heavy atom. The van der Waals surface area contributed by atoms with Gasteiger partial charge in [0.1, 0.15) is 12.4 Å². The molecule has 2 atom stereocenters. The Balaban J connectivity index is 4.18. The maximum absolute atomic E-state index is 12.3. The third-order valence-electron chi connectivity index (χ3n) is 5.33. The summed E-state index contributed by atoms with van der Waals surface area (Å²) in [4.78, 5) is 61.6. The van der Waals surface area contributed by atoms with Crippen LogP contribution in [0.25, 0.3) is 0 Å². The maximum Gasteiger partial charge on any atom is 0.308 e. The van der Waals surface area contributed by atoms with E-state index in [0.717, 1.165) is 6.42 Å². The van der Waals surface area contributed by atoms with E-state index in [0.29, 0.717) is 25.9 Å². The average Bonchev–Trinajstić information content (AvgIpc) is 2.78. The van der Waals surface area contributed by atoms with E-state index < -0.39 is 6.04 Å². The van der Waals surface area contributed by atoms with E-state index in [9.17, 15) is 24.0 Å². The molecule has 1 unspecified atom stereocenters. The van der Waals surface area contributed by atoms with Crippen molar-refractivity contribution in [3.63, 3.8) is 0 Å². The molecule has 10 heteroatoms. The summed E-state index contributed by atoms with van der Waals surface area (Å²) in [6.45, 7) is 15.1. The van der Waals surface area contributed by atoms with Crippen LogP contribution in [-0.2, 0) is 28.7 Å². The minimum Gasteiger partial charge on any atom is -0.464 e. The second-order valence-electron chi connectivity index (χ2n) is 10.5. The zero-order valence-corrected chi connectivity index (χ0v) is 25.1. The number of hydrogen-bond acceptors (Lipinski definition) is 8. The Morgan fingerprint density at radius 1 is 0.917 bits per heavy atom. The fraction of sp³-hybridized carbons (Fsp3) is 0.808. The van der Waals surface area contributed by atoms with Crippen molar-refractivity contribution in [1.29, 1.82) is 0 Å². The molecule has 0 aromatic heterocycles. The first-order valence-corrected chi connectivity index (χ1v) is 14.9. The van der Waals surface area contributed by atoms with E-state index in [1.54, 1.807) is 49.4 Å². The van der Waals surface area contributed by atoms with E-state index >= 15 is 0 Å². The quantitative estimate of drug-likeness (QED) is 0.198. The Morgan fingerprint density at radius 3 is 2.08 bits per heavy atom. The number of nitrogens with one attached hydrogen (secondary N) is 1. The van der Waals surface area contributed by atoms with Crippen molar-refractivity contribution in [3.8, 4) is 0 Å². The van der Waals surface area contributed by atoms with Crippen LogP contribution in [0, 0.1) is 11.8 Å². The third kappa shape index (κ3) is 15.5. The lowest BCUT2D eigenvalue weighted by atomic mass is 10.0. The molecular weight excluding hydrogens is 500 g/mol. The van der Waals surface area contributed by atoms with Crippen LogP contribution in [0.15, 0.2) is 0 Å². The lowest BCUT2D eigenvalue weighted by Crippen LogP contribution is -2.45. The highest BCUT2D eigenvalue weighted by Crippen LogP contribution is 2.39. The van der Waals surface area contributed by atoms with Crippen LogP contribution in [0.4, 0.5) is 0 Å². The number of likely N-dealkylation sites (N-methyl/N-ethyl adjacent to an activating group) is 1. The summed E-state index contributed by atoms with van der Waals surface area (Å²) in [5.41, 5.74) is 0. The van der Waals surface area contributed by atoms with E-state index in [1.165, 1.54) is 4.90 Å². The van der Waals surface area contributed by atoms with Crippen LogP contribution in [-0.4, -0.2) is 70.5 Å². The molecule has 0 aromatic carbocycles. The Labute approximate surface area is 225 Å². The number of Topliss-reactive ketones (excluding diaryl/α,β-unsaturated/α-hetero) is 2. The molecule has 0 heterocycles. The summed E-state index contributed by atoms with van der Waals surface area (Å²) >= 11 is 0. The molecule has 0 aromatic rings. The molecule has 0 aliphatic heterocycles. The van der Waals surface area contributed by atoms with Gasteiger partial charge in [0.2, 0.25) is 11.8 Å². The number of rotatable bonds is 18. The van der Waals surface area contributed by atoms with Gasteiger partial charge < -0.3 is 15.0 Å². The number of amides is 2. The van der Waals surface area contributed by atoms with Gasteiger partial charge >= 0.3 is 5.97 Å². The molecule has 0 aliphatic rings. The summed E-state index contributed by atoms with van der Waals surface area (Å²) < 4.78 is 5.12. The summed E-state index contributed by atoms with van der Waals surface area (Å²) in [7, 11) is 4.88. The lowest BCUT2D eigenvalue weighted by Gasteiger charge is -2.24. The molecule has 8 nitrogen and oxygen atoms in total. The monoisotopic (exact) mass is 546 g/mol. The highest BCUT2D eigenvalue weighted by atomic mass is 33.1. The molecule has 1 N–H and O–H groups in total. The van der Waals surface area contributed by atoms with Crippen LogP contribution in [0.3, 0.4) is 0 Å². The first kappa shape index (κ1) is 34.5. The molecule has 2 amide bonds. The summed E-state index contributed by atoms with van der Waals surface area (Å²) in [5, 5.41) is 2.88. The van der Waals surface area contributed by atoms with Crippen LogP contribution >= 0.6 is 21.6 Å². The average molecular weight is 547 g/mol. The lowest BCUT2D eigenvalue weighted by molar-refractivity contribution is -0.148. The number of nitrogens with zero attached hydrogens (tertiary/aromatic N) is 1. The molecule has 0 rings (SSSR count). The van der Waals surface area contributed by atoms with Gasteiger partial charge in [-0.1, -0.05) is 56.2 Å². The highest BCUT2D eigenvalue weighted by Gasteiger charge is 2.24. The number of ketones is 2. The number of carbonyl (C=O) groups is 5. The molecule has 0 radical (unpaired) electrons. The van der Waals surface area contributed by atoms with Crippen LogP contribution in [0.5, 0.6) is 0 Å². The van der Waals surface area contributed by atoms with Crippen molar-refractivity contribution in [2.75, 3.05) is 20.2 Å². The van der Waals surface area contributed by atoms with Crippen molar-refractivity contribution >= 4 is 50.9 Å². The predicted molar refractivity (Wildman–Crippen MR) is 148 cm³/mol. The molecule has 0 spiro atoms. The van der Waals surface area contributed by atoms with Gasteiger partial charge in [0.25, 0.3) is 0 Å². The molecule has 0 aliphatic carbocycles. The molecular formula is C26H46N2O6S2. The fourth-order valence-electron chi connectivity index (χ4n) is 2.97. The minimum absolute atomic E-state index is 0.0574. The van der Waals surface area contributed by atoms with Crippen molar-refractivity contribution in [2.24, 2.45) is 11.8 Å². The Bertz CT molecular complexity index is 755. The van der Waals surface area contributed by atoms with Crippen LogP contribution < -0.4 is 5.32 Å². The number of esters is 1. The standard InChI is InChI=1S/C26H46N2O6S2/c1-17(2)24(32)20(6)27-22(30)15-28(9)23(31)12-10-11-21(29)14-13-19(5)35-36-26(7,8)16-34-25(33)18(3)4/h17-20H,10-16H2,1-9H3,(H,27,30)/t19?,20-/m0/s1. The SMILES string of the molecule is CC(CCC(=O)CCCC(=O)N(C)CC(=O)N[C@@H](C)C(=O)C(C)C)SSC(C)(C)COC(=O)C(C)C. The fourth-order valence-corrected chi connectivity index (χ4v) is 5.43. The number of hydrogen-bond donors (Lipinski definition) is 1. The van der Waals surface area contributed by atoms with Gasteiger partial charge in [-0.05, 0) is 33.6 Å². The first-order valence-electron chi connectivity index (χ1n) is 12.7. The summed E-state index contributed by atoms with van der Waals surface area (Å²) in [6.07, 6.45) is 2.15. The molecule has 0 saturated carbocycles. The molecule has 0 fully saturated rings. The summed E-state index contributed by atoms with van der Waals surface area (Å²) in [6, 6.07) is -0.592. The van der Waals surface area contributed by atoms with E-state index in [4.69, 9.17) is 4.74 Å². The van der Waals surface area contributed by atoms with E-state index in [2.05, 4.69) is 12.2 Å². The van der Waals surface area contributed by atoms with E-state index in [1.807, 2.05) is 27.7 Å². The van der Waals surface area contributed by atoms with Crippen molar-refractivity contribution < 1.29 is 28.7 Å². The molecule has 0 saturated heterocycles. The van der Waals surface area contributed by atoms with Crippen molar-refractivity contribution in [2.45, 2.75) is 104 Å². The smallest absolute Gasteiger partial charge is 0.308 e. The second kappa shape index (κ2) is 17.1. The zero-order chi connectivity index (χ0) is 28.1. The van der Waals surface area contributed by atoms with Crippen LogP contribution in [0.2, 0.25) is 0 Å². The topological polar surface area (TPSA) is 110 Å². The van der Waals surface area contributed by atoms with Gasteiger partial charge in [-0.2, -0.15) is 0 Å². The molecule has 208 valence electrons. The van der Waals surface area contributed by atoms with Gasteiger partial charge in [-0.15, -0.1) is 0 Å². The number of carbonyl (C=O) groups excluding carboxylic acids is 5. The normalized spacial score (nSPS) is 13.3. The van der Waals surface area contributed by atoms with E-state index in [-0.39, 0.29) is 64.1 Å². The van der Waals surface area contributed by atoms with Gasteiger partial charge in [-0.3, -0.25) is 24.0 Å². The third-order valence-corrected chi connectivity index (χ3v) is 9.18. The highest BCUT2D eigenvalue weighted by molar-refractivity contribution is 8.77. The van der Waals surface area contributed by atoms with Gasteiger partial charge in [0.15, 0.2) is 5.78 Å². The zero-order valence-electron chi connectivity index (χ0n) is 23.5. The second-order valence-corrected chi connectivity index (χ2v) is 13.9. The summed E-state index contributed by atoms with van der Waals surface area (Å²) in [5.74, 6) is -1.05. The number of ether oxygens (including phenoxy) is 1. The van der Waals surface area contributed by atoms with Gasteiger partial charge in [-0.25, -0.2) is 0 Å². The van der Waals surface area contributed by atoms with Gasteiger partial charge in [0.05, 0.1) is 23.3 Å². The van der Waals surface area contributed by atoms with Gasteiger partial charge in [0, 0.05) is 37.5 Å². The predicted octanol–water partition coefficient (Wildman–Crippen LogP) is 4.44. The van der Waals surface area contributed by atoms with Crippen molar-refractivity contribution in [3.05, 3.63) is 0 Å². The largest absolute Gasteiger partial charge is 0.464 e. The Hall–Kier alpha value is -1.55. The Kier molecular flexibility index (Phi) is 16.3. The maximum atomic E-state index is 12.3. The first-order chi connectivity index (χ1) is 16.6. The van der Waals surface area contributed by atoms with Crippen molar-refractivity contribution in [1.82, 2.24) is 10.2 Å².